The molecule has 0 saturated heterocycles. The number of hydrogen-bond donors (Lipinski definition) is 2. The number of alkyl halides is 2. The van der Waals surface area contributed by atoms with E-state index in [2.05, 4.69) is 9.57 Å². The number of ether oxygens (including phenoxy) is 1. The fraction of sp³-hybridized carbons (Fsp3) is 0.652. The lowest BCUT2D eigenvalue weighted by atomic mass is 9.44. The molecule has 9 nitrogen and oxygen atoms in total. The van der Waals surface area contributed by atoms with Crippen molar-refractivity contribution in [1.82, 2.24) is 0 Å². The summed E-state index contributed by atoms with van der Waals surface area (Å²) in [6, 6.07) is 1.49. The van der Waals surface area contributed by atoms with Gasteiger partial charge < -0.3 is 19.8 Å². The van der Waals surface area contributed by atoms with Crippen molar-refractivity contribution in [2.45, 2.75) is 64.2 Å². The van der Waals surface area contributed by atoms with E-state index in [0.29, 0.717) is 25.7 Å². The van der Waals surface area contributed by atoms with E-state index in [0.717, 1.165) is 12.1 Å². The smallest absolute Gasteiger partial charge is 0.381 e. The lowest BCUT2D eigenvalue weighted by Gasteiger charge is -2.59. The number of fused-ring (bicyclic) bond motifs is 2. The molecule has 4 rings (SSSR count). The molecule has 0 amide bonds. The highest BCUT2D eigenvalue weighted by molar-refractivity contribution is 5.86. The van der Waals surface area contributed by atoms with Crippen molar-refractivity contribution in [1.29, 1.82) is 0 Å². The lowest BCUT2D eigenvalue weighted by Crippen LogP contribution is -2.56. The molecule has 3 aliphatic rings. The molecular weight excluding hydrogens is 456 g/mol. The van der Waals surface area contributed by atoms with E-state index < -0.39 is 40.0 Å². The van der Waals surface area contributed by atoms with Gasteiger partial charge in [0.25, 0.3) is 5.09 Å². The third kappa shape index (κ3) is 4.92. The van der Waals surface area contributed by atoms with Crippen molar-refractivity contribution in [2.24, 2.45) is 17.3 Å². The molecular formula is C23H29F2NO8. The maximum absolute atomic E-state index is 14.7. The van der Waals surface area contributed by atoms with Crippen molar-refractivity contribution >= 4 is 11.8 Å². The quantitative estimate of drug-likeness (QED) is 0.206. The number of phenolic OH excluding ortho intramolecular Hbond substituents is 2. The SMILES string of the molecule is CC1(C)[C@@H]2C[C@H]1[C@@H](c1c(O)cc(C(F)(F)C(=O)OCCCCCCO[N+](=O)[O-])cc1O)CC2=O. The number of carbonyl (C=O) groups is 2. The minimum absolute atomic E-state index is 0.0226. The summed E-state index contributed by atoms with van der Waals surface area (Å²) in [6.45, 7) is 3.55. The second-order valence-corrected chi connectivity index (χ2v) is 9.60. The Bertz CT molecular complexity index is 941. The first kappa shape index (κ1) is 25.6. The van der Waals surface area contributed by atoms with Gasteiger partial charge in [-0.1, -0.05) is 20.3 Å². The highest BCUT2D eigenvalue weighted by atomic mass is 19.3. The molecule has 2 N–H and O–H groups in total. The zero-order chi connectivity index (χ0) is 25.3. The first-order valence-corrected chi connectivity index (χ1v) is 11.3. The summed E-state index contributed by atoms with van der Waals surface area (Å²) in [5.74, 6) is -7.59. The van der Waals surface area contributed by atoms with Gasteiger partial charge in [0.15, 0.2) is 0 Å². The van der Waals surface area contributed by atoms with Gasteiger partial charge in [-0.15, -0.1) is 10.1 Å². The summed E-state index contributed by atoms with van der Waals surface area (Å²) >= 11 is 0. The average Bonchev–Trinajstić information content (AvgIpc) is 2.73. The van der Waals surface area contributed by atoms with Gasteiger partial charge in [0, 0.05) is 29.4 Å². The Balaban J connectivity index is 1.60. The Hall–Kier alpha value is -2.98. The summed E-state index contributed by atoms with van der Waals surface area (Å²) in [5.41, 5.74) is -1.15. The van der Waals surface area contributed by atoms with E-state index in [1.165, 1.54) is 0 Å². The molecule has 0 spiro atoms. The minimum atomic E-state index is -4.10. The van der Waals surface area contributed by atoms with Crippen molar-refractivity contribution in [2.75, 3.05) is 13.2 Å². The van der Waals surface area contributed by atoms with Crippen LogP contribution < -0.4 is 0 Å². The van der Waals surface area contributed by atoms with Gasteiger partial charge in [0.05, 0.1) is 13.2 Å². The molecule has 0 aliphatic heterocycles. The molecule has 11 heteroatoms. The highest BCUT2D eigenvalue weighted by Gasteiger charge is 2.59. The largest absolute Gasteiger partial charge is 0.508 e. The number of rotatable bonds is 11. The summed E-state index contributed by atoms with van der Waals surface area (Å²) in [4.78, 5) is 38.6. The van der Waals surface area contributed by atoms with Gasteiger partial charge >= 0.3 is 11.9 Å². The molecule has 2 bridgehead atoms. The van der Waals surface area contributed by atoms with Crippen molar-refractivity contribution < 1.29 is 43.2 Å². The molecule has 0 heterocycles. The Kier molecular flexibility index (Phi) is 7.32. The van der Waals surface area contributed by atoms with Crippen molar-refractivity contribution in [3.63, 3.8) is 0 Å². The van der Waals surface area contributed by atoms with Crippen LogP contribution in [0.4, 0.5) is 8.78 Å². The standard InChI is InChI=1S/C23H29F2NO8/c1-22(2)15-12-16(22)17(27)11-14(15)20-18(28)9-13(10-19(20)29)23(24,25)21(30)33-7-5-3-4-6-8-34-26(31)32/h9-10,14-16,28-29H,3-8,11-12H2,1-2H3/t14-,15-,16+/m0/s1. The number of unbranched alkanes of at least 4 members (excludes halogenated alkanes) is 3. The van der Waals surface area contributed by atoms with Crippen LogP contribution in [-0.2, 0) is 25.1 Å². The van der Waals surface area contributed by atoms with E-state index in [-0.39, 0.29) is 54.7 Å². The van der Waals surface area contributed by atoms with Crippen LogP contribution in [0.3, 0.4) is 0 Å². The summed E-state index contributed by atoms with van der Waals surface area (Å²) in [5, 5.41) is 30.1. The van der Waals surface area contributed by atoms with Crippen LogP contribution in [-0.4, -0.2) is 40.3 Å². The number of ketones is 1. The number of phenols is 2. The van der Waals surface area contributed by atoms with Crippen molar-refractivity contribution in [3.05, 3.63) is 33.4 Å². The average molecular weight is 485 g/mol. The normalized spacial score (nSPS) is 23.2. The van der Waals surface area contributed by atoms with Gasteiger partial charge in [0.1, 0.15) is 17.3 Å². The number of Topliss-reactive ketones (excluding diaryl/α,β-unsaturated/α-hetero) is 1. The fourth-order valence-corrected chi connectivity index (χ4v) is 5.25. The van der Waals surface area contributed by atoms with Crippen LogP contribution >= 0.6 is 0 Å². The van der Waals surface area contributed by atoms with Gasteiger partial charge in [0.2, 0.25) is 0 Å². The first-order valence-electron chi connectivity index (χ1n) is 11.3. The number of esters is 1. The zero-order valence-corrected chi connectivity index (χ0v) is 19.1. The van der Waals surface area contributed by atoms with E-state index in [1.807, 2.05) is 13.8 Å². The van der Waals surface area contributed by atoms with Gasteiger partial charge in [-0.05, 0) is 49.1 Å². The number of halogens is 2. The monoisotopic (exact) mass is 485 g/mol. The van der Waals surface area contributed by atoms with Crippen LogP contribution in [0.5, 0.6) is 11.5 Å². The Labute approximate surface area is 195 Å². The third-order valence-corrected chi connectivity index (χ3v) is 7.23. The molecule has 1 aromatic carbocycles. The summed E-state index contributed by atoms with van der Waals surface area (Å²) < 4.78 is 34.0. The van der Waals surface area contributed by atoms with E-state index >= 15 is 0 Å². The van der Waals surface area contributed by atoms with E-state index in [9.17, 15) is 38.7 Å². The van der Waals surface area contributed by atoms with Gasteiger partial charge in [-0.25, -0.2) is 4.79 Å². The minimum Gasteiger partial charge on any atom is -0.508 e. The predicted molar refractivity (Wildman–Crippen MR) is 114 cm³/mol. The predicted octanol–water partition coefficient (Wildman–Crippen LogP) is 4.22. The van der Waals surface area contributed by atoms with Gasteiger partial charge in [-0.2, -0.15) is 8.78 Å². The molecule has 3 fully saturated rings. The molecule has 3 atom stereocenters. The molecule has 1 aromatic rings. The Morgan fingerprint density at radius 3 is 2.29 bits per heavy atom. The second-order valence-electron chi connectivity index (χ2n) is 9.60. The number of hydrogen-bond acceptors (Lipinski definition) is 8. The van der Waals surface area contributed by atoms with Gasteiger partial charge in [-0.3, -0.25) is 4.79 Å². The Morgan fingerprint density at radius 2 is 1.76 bits per heavy atom. The van der Waals surface area contributed by atoms with Crippen molar-refractivity contribution in [3.8, 4) is 11.5 Å². The topological polar surface area (TPSA) is 136 Å². The van der Waals surface area contributed by atoms with Crippen LogP contribution in [0.15, 0.2) is 12.1 Å². The number of carbonyl (C=O) groups excluding carboxylic acids is 2. The zero-order valence-electron chi connectivity index (χ0n) is 19.1. The van der Waals surface area contributed by atoms with E-state index in [4.69, 9.17) is 0 Å². The van der Waals surface area contributed by atoms with Crippen LogP contribution in [0, 0.1) is 27.4 Å². The second kappa shape index (κ2) is 9.71. The molecule has 0 aromatic heterocycles. The van der Waals surface area contributed by atoms with Crippen LogP contribution in [0.1, 0.15) is 69.4 Å². The number of aromatic hydroxyl groups is 2. The summed E-state index contributed by atoms with van der Waals surface area (Å²) in [6.07, 6.45) is 2.46. The fourth-order valence-electron chi connectivity index (χ4n) is 5.25. The number of nitrogens with zero attached hydrogens (tertiary/aromatic N) is 1. The molecule has 0 radical (unpaired) electrons. The molecule has 3 saturated carbocycles. The van der Waals surface area contributed by atoms with Crippen LogP contribution in [0.25, 0.3) is 0 Å². The lowest BCUT2D eigenvalue weighted by molar-refractivity contribution is -0.757. The molecule has 3 aliphatic carbocycles. The maximum atomic E-state index is 14.7. The molecule has 188 valence electrons. The summed E-state index contributed by atoms with van der Waals surface area (Å²) in [7, 11) is 0. The highest BCUT2D eigenvalue weighted by Crippen LogP contribution is 2.64. The molecule has 0 unspecified atom stereocenters. The Morgan fingerprint density at radius 1 is 1.18 bits per heavy atom. The number of benzene rings is 1. The molecule has 34 heavy (non-hydrogen) atoms. The van der Waals surface area contributed by atoms with E-state index in [1.54, 1.807) is 0 Å². The third-order valence-electron chi connectivity index (χ3n) is 7.23. The van der Waals surface area contributed by atoms with Crippen LogP contribution in [0.2, 0.25) is 0 Å². The maximum Gasteiger partial charge on any atom is 0.381 e. The first-order chi connectivity index (χ1) is 15.9.